The van der Waals surface area contributed by atoms with Crippen LogP contribution >= 0.6 is 0 Å². The van der Waals surface area contributed by atoms with Gasteiger partial charge >= 0.3 is 5.97 Å². The molecule has 1 atom stereocenters. The van der Waals surface area contributed by atoms with E-state index in [2.05, 4.69) is 5.14 Å². The first kappa shape index (κ1) is 11.3. The van der Waals surface area contributed by atoms with Gasteiger partial charge < -0.3 is 10.8 Å². The van der Waals surface area contributed by atoms with Crippen molar-refractivity contribution in [3.05, 3.63) is 0 Å². The number of carbonyl (C=O) groups is 1. The molecule has 12 heavy (non-hydrogen) atoms. The van der Waals surface area contributed by atoms with Crippen LogP contribution in [0, 0.1) is 0 Å². The van der Waals surface area contributed by atoms with Crippen molar-refractivity contribution in [1.82, 2.24) is 4.72 Å². The van der Waals surface area contributed by atoms with Gasteiger partial charge in [-0.25, -0.2) is 9.86 Å². The van der Waals surface area contributed by atoms with Crippen LogP contribution in [0.25, 0.3) is 0 Å². The average molecular weight is 197 g/mol. The molecule has 0 heterocycles. The fourth-order valence-corrected chi connectivity index (χ4v) is 0.883. The summed E-state index contributed by atoms with van der Waals surface area (Å²) in [4.78, 5) is 10.1. The highest BCUT2D eigenvalue weighted by Crippen LogP contribution is 1.85. The predicted octanol–water partition coefficient (Wildman–Crippen LogP) is -2.42. The summed E-state index contributed by atoms with van der Waals surface area (Å²) in [5.74, 6) is -1.17. The predicted molar refractivity (Wildman–Crippen MR) is 41.3 cm³/mol. The van der Waals surface area contributed by atoms with Crippen molar-refractivity contribution in [2.75, 3.05) is 6.54 Å². The number of nitrogens with one attached hydrogen (secondary N) is 1. The van der Waals surface area contributed by atoms with E-state index in [-0.39, 0.29) is 13.0 Å². The third kappa shape index (κ3) is 6.04. The van der Waals surface area contributed by atoms with Gasteiger partial charge in [0.1, 0.15) is 6.04 Å². The van der Waals surface area contributed by atoms with Gasteiger partial charge in [-0.05, 0) is 6.42 Å². The molecule has 0 unspecified atom stereocenters. The summed E-state index contributed by atoms with van der Waals surface area (Å²) < 4.78 is 22.4. The van der Waals surface area contributed by atoms with Crippen LogP contribution in [0.1, 0.15) is 6.42 Å². The van der Waals surface area contributed by atoms with E-state index in [4.69, 9.17) is 10.8 Å². The lowest BCUT2D eigenvalue weighted by Crippen LogP contribution is -2.37. The first-order chi connectivity index (χ1) is 5.33. The van der Waals surface area contributed by atoms with Crippen molar-refractivity contribution < 1.29 is 18.3 Å². The van der Waals surface area contributed by atoms with Crippen LogP contribution in [0.15, 0.2) is 0 Å². The molecule has 0 spiro atoms. The number of hydrogen-bond donors (Lipinski definition) is 4. The fourth-order valence-electron chi connectivity index (χ4n) is 0.480. The summed E-state index contributed by atoms with van der Waals surface area (Å²) in [5.41, 5.74) is 5.07. The summed E-state index contributed by atoms with van der Waals surface area (Å²) in [7, 11) is -3.74. The molecule has 6 N–H and O–H groups in total. The van der Waals surface area contributed by atoms with Crippen molar-refractivity contribution in [2.24, 2.45) is 10.9 Å². The molecule has 7 nitrogen and oxygen atoms in total. The maximum atomic E-state index is 10.3. The minimum absolute atomic E-state index is 0.00572. The zero-order valence-corrected chi connectivity index (χ0v) is 7.04. The molecule has 0 rings (SSSR count). The van der Waals surface area contributed by atoms with Crippen LogP contribution in [0.5, 0.6) is 0 Å². The highest BCUT2D eigenvalue weighted by Gasteiger charge is 2.11. The lowest BCUT2D eigenvalue weighted by molar-refractivity contribution is -0.138. The van der Waals surface area contributed by atoms with E-state index in [9.17, 15) is 13.2 Å². The molecule has 0 aromatic carbocycles. The summed E-state index contributed by atoms with van der Waals surface area (Å²) in [6.45, 7) is -0.0771. The largest absolute Gasteiger partial charge is 0.480 e. The number of carboxylic acids is 1. The van der Waals surface area contributed by atoms with Gasteiger partial charge in [0.25, 0.3) is 10.2 Å². The van der Waals surface area contributed by atoms with Crippen LogP contribution in [0.3, 0.4) is 0 Å². The molecule has 8 heteroatoms. The van der Waals surface area contributed by atoms with Gasteiger partial charge in [0.05, 0.1) is 0 Å². The molecule has 0 amide bonds. The van der Waals surface area contributed by atoms with Gasteiger partial charge in [-0.3, -0.25) is 4.79 Å². The number of aliphatic carboxylic acids is 1. The third-order valence-electron chi connectivity index (χ3n) is 1.08. The Morgan fingerprint density at radius 3 is 2.42 bits per heavy atom. The van der Waals surface area contributed by atoms with Gasteiger partial charge in [-0.2, -0.15) is 8.42 Å². The zero-order chi connectivity index (χ0) is 9.78. The van der Waals surface area contributed by atoms with Crippen LogP contribution in [-0.4, -0.2) is 32.1 Å². The number of nitrogens with two attached hydrogens (primary N) is 2. The Hall–Kier alpha value is -0.700. The highest BCUT2D eigenvalue weighted by atomic mass is 32.2. The van der Waals surface area contributed by atoms with E-state index < -0.39 is 22.2 Å². The molecule has 0 aromatic heterocycles. The Bertz CT molecular complexity index is 249. The Morgan fingerprint density at radius 1 is 1.58 bits per heavy atom. The number of rotatable bonds is 5. The van der Waals surface area contributed by atoms with Crippen molar-refractivity contribution >= 4 is 16.2 Å². The van der Waals surface area contributed by atoms with E-state index in [1.54, 1.807) is 0 Å². The first-order valence-corrected chi connectivity index (χ1v) is 4.63. The molecule has 0 aliphatic rings. The minimum atomic E-state index is -3.74. The minimum Gasteiger partial charge on any atom is -0.480 e. The fraction of sp³-hybridized carbons (Fsp3) is 0.750. The lowest BCUT2D eigenvalue weighted by Gasteiger charge is -2.05. The second-order valence-corrected chi connectivity index (χ2v) is 3.55. The topological polar surface area (TPSA) is 136 Å². The Balaban J connectivity index is 3.65. The normalized spacial score (nSPS) is 14.2. The van der Waals surface area contributed by atoms with Crippen LogP contribution in [0.4, 0.5) is 0 Å². The van der Waals surface area contributed by atoms with Crippen LogP contribution in [0.2, 0.25) is 0 Å². The molecule has 0 radical (unpaired) electrons. The quantitative estimate of drug-likeness (QED) is 0.389. The lowest BCUT2D eigenvalue weighted by atomic mass is 10.2. The molecule has 0 saturated heterocycles. The van der Waals surface area contributed by atoms with Crippen molar-refractivity contribution in [3.8, 4) is 0 Å². The van der Waals surface area contributed by atoms with Gasteiger partial charge in [0, 0.05) is 6.54 Å². The Labute approximate surface area is 69.9 Å². The number of hydrogen-bond acceptors (Lipinski definition) is 4. The molecule has 0 fully saturated rings. The van der Waals surface area contributed by atoms with Crippen molar-refractivity contribution in [3.63, 3.8) is 0 Å². The second kappa shape index (κ2) is 4.36. The van der Waals surface area contributed by atoms with Gasteiger partial charge in [0.2, 0.25) is 0 Å². The molecule has 72 valence electrons. The Morgan fingerprint density at radius 2 is 2.08 bits per heavy atom. The van der Waals surface area contributed by atoms with E-state index in [1.165, 1.54) is 0 Å². The summed E-state index contributed by atoms with van der Waals surface area (Å²) in [6.07, 6.45) is 0.00572. The van der Waals surface area contributed by atoms with E-state index >= 15 is 0 Å². The molecule has 0 bridgehead atoms. The van der Waals surface area contributed by atoms with E-state index in [0.29, 0.717) is 0 Å². The molecule has 0 saturated carbocycles. The van der Waals surface area contributed by atoms with Gasteiger partial charge in [-0.15, -0.1) is 0 Å². The highest BCUT2D eigenvalue weighted by molar-refractivity contribution is 7.87. The van der Waals surface area contributed by atoms with Crippen molar-refractivity contribution in [2.45, 2.75) is 12.5 Å². The summed E-state index contributed by atoms with van der Waals surface area (Å²) in [6, 6.07) is -1.07. The maximum absolute atomic E-state index is 10.3. The zero-order valence-electron chi connectivity index (χ0n) is 6.23. The molecule has 0 aliphatic carbocycles. The van der Waals surface area contributed by atoms with Crippen molar-refractivity contribution in [1.29, 1.82) is 0 Å². The van der Waals surface area contributed by atoms with Crippen LogP contribution < -0.4 is 15.6 Å². The number of carboxylic acid groups (broad SMARTS) is 1. The monoisotopic (exact) mass is 197 g/mol. The Kier molecular flexibility index (Phi) is 4.10. The summed E-state index contributed by atoms with van der Waals surface area (Å²) in [5, 5.41) is 12.8. The summed E-state index contributed by atoms with van der Waals surface area (Å²) >= 11 is 0. The molecule has 0 aromatic rings. The maximum Gasteiger partial charge on any atom is 0.320 e. The molecular formula is C4H11N3O4S. The smallest absolute Gasteiger partial charge is 0.320 e. The standard InChI is InChI=1S/C4H11N3O4S/c5-3(4(8)9)1-2-7-12(6,10)11/h3,7H,1-2,5H2,(H,8,9)(H2,6,10,11)/t3-/m0/s1. The van der Waals surface area contributed by atoms with Crippen LogP contribution in [-0.2, 0) is 15.0 Å². The third-order valence-corrected chi connectivity index (χ3v) is 1.68. The van der Waals surface area contributed by atoms with E-state index in [0.717, 1.165) is 0 Å². The average Bonchev–Trinajstić information content (AvgIpc) is 1.84. The molecule has 0 aliphatic heterocycles. The van der Waals surface area contributed by atoms with Gasteiger partial charge in [0.15, 0.2) is 0 Å². The SMILES string of the molecule is N[C@@H](CCNS(N)(=O)=O)C(=O)O. The first-order valence-electron chi connectivity index (χ1n) is 3.08. The second-order valence-electron chi connectivity index (χ2n) is 2.17. The van der Waals surface area contributed by atoms with Gasteiger partial charge in [-0.1, -0.05) is 0 Å². The molecular weight excluding hydrogens is 186 g/mol. The van der Waals surface area contributed by atoms with E-state index in [1.807, 2.05) is 4.72 Å².